The van der Waals surface area contributed by atoms with Crippen molar-refractivity contribution in [1.29, 1.82) is 0 Å². The SMILES string of the molecule is C=C1C=C[C@@H](O)[C@H]2O[C@@H]3OC(C)(C)O[C@@H]3[C@@]12OCC. The normalized spacial score (nSPS) is 47.3. The Morgan fingerprint density at radius 1 is 1.37 bits per heavy atom. The Bertz CT molecular complexity index is 430. The fourth-order valence-corrected chi connectivity index (χ4v) is 3.17. The molecule has 0 bridgehead atoms. The molecule has 0 aromatic rings. The summed E-state index contributed by atoms with van der Waals surface area (Å²) < 4.78 is 23.4. The summed E-state index contributed by atoms with van der Waals surface area (Å²) in [6.07, 6.45) is 1.18. The molecule has 5 nitrogen and oxygen atoms in total. The quantitative estimate of drug-likeness (QED) is 0.813. The Hall–Kier alpha value is -0.720. The molecule has 2 heterocycles. The van der Waals surface area contributed by atoms with Crippen molar-refractivity contribution in [1.82, 2.24) is 0 Å². The molecule has 0 saturated carbocycles. The van der Waals surface area contributed by atoms with E-state index in [4.69, 9.17) is 18.9 Å². The van der Waals surface area contributed by atoms with Crippen molar-refractivity contribution < 1.29 is 24.1 Å². The second kappa shape index (κ2) is 4.14. The standard InChI is InChI=1S/C14H20O5/c1-5-16-14-8(2)6-7-9(15)10(14)17-12-11(14)18-13(3,4)19-12/h6-7,9-12,15H,2,5H2,1,3-4H3/t9-,10-,11+,12-,14-/m1/s1. The summed E-state index contributed by atoms with van der Waals surface area (Å²) in [5.74, 6) is -0.725. The third-order valence-corrected chi connectivity index (χ3v) is 3.87. The monoisotopic (exact) mass is 268 g/mol. The summed E-state index contributed by atoms with van der Waals surface area (Å²) in [4.78, 5) is 0. The van der Waals surface area contributed by atoms with Gasteiger partial charge in [0.05, 0.1) is 0 Å². The lowest BCUT2D eigenvalue weighted by molar-refractivity contribution is -0.240. The predicted molar refractivity (Wildman–Crippen MR) is 67.3 cm³/mol. The maximum atomic E-state index is 10.1. The third kappa shape index (κ3) is 1.73. The molecule has 0 radical (unpaired) electrons. The molecule has 0 aromatic carbocycles. The highest BCUT2D eigenvalue weighted by Gasteiger charge is 2.67. The second-order valence-corrected chi connectivity index (χ2v) is 5.58. The zero-order valence-corrected chi connectivity index (χ0v) is 11.5. The summed E-state index contributed by atoms with van der Waals surface area (Å²) in [6.45, 7) is 10.1. The molecule has 0 spiro atoms. The van der Waals surface area contributed by atoms with Crippen molar-refractivity contribution in [2.75, 3.05) is 6.61 Å². The van der Waals surface area contributed by atoms with E-state index in [2.05, 4.69) is 6.58 Å². The maximum Gasteiger partial charge on any atom is 0.191 e. The number of hydrogen-bond acceptors (Lipinski definition) is 5. The minimum Gasteiger partial charge on any atom is -0.386 e. The first-order valence-corrected chi connectivity index (χ1v) is 6.61. The van der Waals surface area contributed by atoms with Crippen LogP contribution in [0.5, 0.6) is 0 Å². The minimum atomic E-state index is -0.874. The van der Waals surface area contributed by atoms with Crippen molar-refractivity contribution >= 4 is 0 Å². The number of ether oxygens (including phenoxy) is 4. The van der Waals surface area contributed by atoms with Gasteiger partial charge in [0.25, 0.3) is 0 Å². The third-order valence-electron chi connectivity index (χ3n) is 3.87. The van der Waals surface area contributed by atoms with Gasteiger partial charge in [-0.15, -0.1) is 0 Å². The van der Waals surface area contributed by atoms with Crippen molar-refractivity contribution in [3.63, 3.8) is 0 Å². The topological polar surface area (TPSA) is 57.2 Å². The van der Waals surface area contributed by atoms with Crippen LogP contribution in [0.15, 0.2) is 24.3 Å². The molecular weight excluding hydrogens is 248 g/mol. The van der Waals surface area contributed by atoms with E-state index >= 15 is 0 Å². The summed E-state index contributed by atoms with van der Waals surface area (Å²) in [5, 5.41) is 10.1. The van der Waals surface area contributed by atoms with E-state index in [1.54, 1.807) is 12.2 Å². The maximum absolute atomic E-state index is 10.1. The first-order valence-electron chi connectivity index (χ1n) is 6.61. The van der Waals surface area contributed by atoms with Gasteiger partial charge >= 0.3 is 0 Å². The number of fused-ring (bicyclic) bond motifs is 3. The zero-order valence-electron chi connectivity index (χ0n) is 11.5. The van der Waals surface area contributed by atoms with Gasteiger partial charge in [0.15, 0.2) is 17.7 Å². The Morgan fingerprint density at radius 2 is 2.11 bits per heavy atom. The molecule has 2 saturated heterocycles. The van der Waals surface area contributed by atoms with Crippen LogP contribution in [-0.2, 0) is 18.9 Å². The Labute approximate surface area is 112 Å². The molecule has 0 aromatic heterocycles. The molecular formula is C14H20O5. The van der Waals surface area contributed by atoms with E-state index in [0.29, 0.717) is 6.61 Å². The second-order valence-electron chi connectivity index (χ2n) is 5.58. The van der Waals surface area contributed by atoms with E-state index in [0.717, 1.165) is 5.57 Å². The molecule has 1 aliphatic carbocycles. The van der Waals surface area contributed by atoms with Crippen LogP contribution in [0, 0.1) is 0 Å². The molecule has 5 heteroatoms. The van der Waals surface area contributed by atoms with Crippen molar-refractivity contribution in [3.05, 3.63) is 24.3 Å². The Balaban J connectivity index is 2.03. The van der Waals surface area contributed by atoms with Gasteiger partial charge in [-0.3, -0.25) is 0 Å². The number of hydrogen-bond donors (Lipinski definition) is 1. The highest BCUT2D eigenvalue weighted by atomic mass is 16.8. The first kappa shape index (κ1) is 13.3. The smallest absolute Gasteiger partial charge is 0.191 e. The summed E-state index contributed by atoms with van der Waals surface area (Å²) in [7, 11) is 0. The van der Waals surface area contributed by atoms with Crippen LogP contribution in [0.2, 0.25) is 0 Å². The molecule has 106 valence electrons. The lowest BCUT2D eigenvalue weighted by Gasteiger charge is -2.42. The molecule has 1 N–H and O–H groups in total. The average Bonchev–Trinajstić information content (AvgIpc) is 2.77. The van der Waals surface area contributed by atoms with Crippen molar-refractivity contribution in [2.24, 2.45) is 0 Å². The van der Waals surface area contributed by atoms with Gasteiger partial charge in [0.2, 0.25) is 0 Å². The molecule has 3 rings (SSSR count). The van der Waals surface area contributed by atoms with Crippen LogP contribution >= 0.6 is 0 Å². The van der Waals surface area contributed by atoms with Gasteiger partial charge < -0.3 is 24.1 Å². The van der Waals surface area contributed by atoms with Crippen LogP contribution in [0.1, 0.15) is 20.8 Å². The summed E-state index contributed by atoms with van der Waals surface area (Å²) in [6, 6.07) is 0. The van der Waals surface area contributed by atoms with E-state index in [-0.39, 0.29) is 0 Å². The number of aliphatic hydroxyl groups is 1. The van der Waals surface area contributed by atoms with Crippen molar-refractivity contribution in [2.45, 2.75) is 56.8 Å². The molecule has 3 aliphatic rings. The molecule has 0 amide bonds. The average molecular weight is 268 g/mol. The lowest BCUT2D eigenvalue weighted by atomic mass is 9.78. The van der Waals surface area contributed by atoms with E-state index in [1.807, 2.05) is 20.8 Å². The van der Waals surface area contributed by atoms with Gasteiger partial charge in [-0.2, -0.15) is 0 Å². The van der Waals surface area contributed by atoms with Crippen LogP contribution in [0.4, 0.5) is 0 Å². The van der Waals surface area contributed by atoms with E-state index < -0.39 is 36.0 Å². The molecule has 0 unspecified atom stereocenters. The molecule has 2 fully saturated rings. The van der Waals surface area contributed by atoms with Gasteiger partial charge in [-0.05, 0) is 26.3 Å². The molecule has 19 heavy (non-hydrogen) atoms. The zero-order chi connectivity index (χ0) is 13.8. The Kier molecular flexibility index (Phi) is 2.89. The van der Waals surface area contributed by atoms with Crippen LogP contribution in [-0.4, -0.2) is 47.7 Å². The van der Waals surface area contributed by atoms with E-state index in [9.17, 15) is 5.11 Å². The number of rotatable bonds is 2. The predicted octanol–water partition coefficient (Wildman–Crippen LogP) is 1.12. The summed E-state index contributed by atoms with van der Waals surface area (Å²) in [5.41, 5.74) is -0.125. The van der Waals surface area contributed by atoms with Crippen LogP contribution in [0.3, 0.4) is 0 Å². The molecule has 5 atom stereocenters. The van der Waals surface area contributed by atoms with Crippen LogP contribution in [0.25, 0.3) is 0 Å². The van der Waals surface area contributed by atoms with Crippen molar-refractivity contribution in [3.8, 4) is 0 Å². The molecule has 2 aliphatic heterocycles. The van der Waals surface area contributed by atoms with E-state index in [1.165, 1.54) is 0 Å². The minimum absolute atomic E-state index is 0.417. The largest absolute Gasteiger partial charge is 0.386 e. The fraction of sp³-hybridized carbons (Fsp3) is 0.714. The van der Waals surface area contributed by atoms with Gasteiger partial charge in [-0.25, -0.2) is 0 Å². The Morgan fingerprint density at radius 3 is 2.79 bits per heavy atom. The summed E-state index contributed by atoms with van der Waals surface area (Å²) >= 11 is 0. The first-order chi connectivity index (χ1) is 8.90. The van der Waals surface area contributed by atoms with Gasteiger partial charge in [0.1, 0.15) is 18.3 Å². The lowest BCUT2D eigenvalue weighted by Crippen LogP contribution is -2.57. The fourth-order valence-electron chi connectivity index (χ4n) is 3.17. The highest BCUT2D eigenvalue weighted by molar-refractivity contribution is 5.39. The number of aliphatic hydroxyl groups excluding tert-OH is 1. The van der Waals surface area contributed by atoms with Gasteiger partial charge in [0, 0.05) is 6.61 Å². The highest BCUT2D eigenvalue weighted by Crippen LogP contribution is 2.50. The van der Waals surface area contributed by atoms with Gasteiger partial charge in [-0.1, -0.05) is 18.7 Å². The van der Waals surface area contributed by atoms with Crippen LogP contribution < -0.4 is 0 Å².